The summed E-state index contributed by atoms with van der Waals surface area (Å²) in [7, 11) is 0. The Morgan fingerprint density at radius 3 is 2.33 bits per heavy atom. The van der Waals surface area contributed by atoms with Gasteiger partial charge in [-0.3, -0.25) is 4.79 Å². The second-order valence-electron chi connectivity index (χ2n) is 6.83. The topological polar surface area (TPSA) is 87.7 Å². The third-order valence-corrected chi connectivity index (χ3v) is 3.36. The SMILES string of the molecule is CC(CCc1ccc(NCCNC(=O)OC(C)(C)C)cc1)C(=O)O. The maximum absolute atomic E-state index is 11.5. The molecule has 0 aliphatic carbocycles. The van der Waals surface area contributed by atoms with Gasteiger partial charge in [0.2, 0.25) is 0 Å². The van der Waals surface area contributed by atoms with Crippen molar-refractivity contribution in [3.8, 4) is 0 Å². The van der Waals surface area contributed by atoms with Gasteiger partial charge in [-0.1, -0.05) is 19.1 Å². The van der Waals surface area contributed by atoms with Crippen LogP contribution in [0.1, 0.15) is 39.7 Å². The Bertz CT molecular complexity index is 535. The molecule has 0 fully saturated rings. The van der Waals surface area contributed by atoms with Crippen molar-refractivity contribution >= 4 is 17.7 Å². The highest BCUT2D eigenvalue weighted by atomic mass is 16.6. The highest BCUT2D eigenvalue weighted by Gasteiger charge is 2.15. The van der Waals surface area contributed by atoms with Gasteiger partial charge in [-0.2, -0.15) is 0 Å². The molecule has 0 aliphatic heterocycles. The van der Waals surface area contributed by atoms with E-state index < -0.39 is 17.7 Å². The molecule has 0 bridgehead atoms. The summed E-state index contributed by atoms with van der Waals surface area (Å²) in [4.78, 5) is 22.3. The first-order valence-electron chi connectivity index (χ1n) is 8.20. The molecule has 1 amide bonds. The molecular weight excluding hydrogens is 308 g/mol. The van der Waals surface area contributed by atoms with E-state index in [1.165, 1.54) is 0 Å². The molecule has 0 aliphatic rings. The van der Waals surface area contributed by atoms with Crippen molar-refractivity contribution in [3.05, 3.63) is 29.8 Å². The molecule has 6 heteroatoms. The lowest BCUT2D eigenvalue weighted by Crippen LogP contribution is -2.34. The molecule has 1 aromatic carbocycles. The van der Waals surface area contributed by atoms with Crippen molar-refractivity contribution < 1.29 is 19.4 Å². The van der Waals surface area contributed by atoms with Crippen molar-refractivity contribution in [3.63, 3.8) is 0 Å². The first-order valence-corrected chi connectivity index (χ1v) is 8.20. The number of rotatable bonds is 8. The fraction of sp³-hybridized carbons (Fsp3) is 0.556. The summed E-state index contributed by atoms with van der Waals surface area (Å²) in [6.45, 7) is 8.24. The number of hydrogen-bond acceptors (Lipinski definition) is 4. The molecule has 0 saturated heterocycles. The maximum Gasteiger partial charge on any atom is 0.407 e. The minimum absolute atomic E-state index is 0.332. The molecule has 3 N–H and O–H groups in total. The van der Waals surface area contributed by atoms with Gasteiger partial charge in [-0.25, -0.2) is 4.79 Å². The molecule has 1 unspecified atom stereocenters. The molecule has 0 radical (unpaired) electrons. The average Bonchev–Trinajstić information content (AvgIpc) is 2.48. The first kappa shape index (κ1) is 19.8. The zero-order valence-electron chi connectivity index (χ0n) is 14.9. The first-order chi connectivity index (χ1) is 11.2. The summed E-state index contributed by atoms with van der Waals surface area (Å²) < 4.78 is 5.15. The van der Waals surface area contributed by atoms with Gasteiger partial charge in [0.15, 0.2) is 0 Å². The number of ether oxygens (including phenoxy) is 1. The smallest absolute Gasteiger partial charge is 0.407 e. The Hall–Kier alpha value is -2.24. The number of alkyl carbamates (subject to hydrolysis) is 1. The molecule has 24 heavy (non-hydrogen) atoms. The lowest BCUT2D eigenvalue weighted by atomic mass is 10.0. The highest BCUT2D eigenvalue weighted by molar-refractivity contribution is 5.69. The van der Waals surface area contributed by atoms with E-state index in [1.807, 2.05) is 45.0 Å². The van der Waals surface area contributed by atoms with Crippen molar-refractivity contribution in [2.75, 3.05) is 18.4 Å². The minimum atomic E-state index is -0.759. The van der Waals surface area contributed by atoms with Crippen LogP contribution >= 0.6 is 0 Å². The molecule has 0 aromatic heterocycles. The number of aryl methyl sites for hydroxylation is 1. The second-order valence-corrected chi connectivity index (χ2v) is 6.83. The van der Waals surface area contributed by atoms with E-state index >= 15 is 0 Å². The fourth-order valence-electron chi connectivity index (χ4n) is 1.98. The van der Waals surface area contributed by atoms with E-state index in [0.29, 0.717) is 19.5 Å². The molecule has 1 rings (SSSR count). The van der Waals surface area contributed by atoms with E-state index in [1.54, 1.807) is 6.92 Å². The Labute approximate surface area is 143 Å². The van der Waals surface area contributed by atoms with Crippen LogP contribution in [0.2, 0.25) is 0 Å². The lowest BCUT2D eigenvalue weighted by Gasteiger charge is -2.19. The Kier molecular flexibility index (Phi) is 7.55. The number of anilines is 1. The van der Waals surface area contributed by atoms with Gasteiger partial charge in [-0.05, 0) is 51.3 Å². The van der Waals surface area contributed by atoms with Crippen LogP contribution in [0.3, 0.4) is 0 Å². The predicted molar refractivity (Wildman–Crippen MR) is 94.3 cm³/mol. The van der Waals surface area contributed by atoms with Gasteiger partial charge in [0.1, 0.15) is 5.60 Å². The molecular formula is C18H28N2O4. The number of aliphatic carboxylic acids is 1. The Balaban J connectivity index is 2.27. The zero-order chi connectivity index (χ0) is 18.2. The summed E-state index contributed by atoms with van der Waals surface area (Å²) in [5.41, 5.74) is 1.57. The molecule has 1 aromatic rings. The van der Waals surface area contributed by atoms with Crippen LogP contribution < -0.4 is 10.6 Å². The fourth-order valence-corrected chi connectivity index (χ4v) is 1.98. The number of amides is 1. The Morgan fingerprint density at radius 2 is 1.79 bits per heavy atom. The monoisotopic (exact) mass is 336 g/mol. The number of hydrogen-bond donors (Lipinski definition) is 3. The molecule has 134 valence electrons. The zero-order valence-corrected chi connectivity index (χ0v) is 14.9. The van der Waals surface area contributed by atoms with Crippen LogP contribution in [0, 0.1) is 5.92 Å². The highest BCUT2D eigenvalue weighted by Crippen LogP contribution is 2.13. The molecule has 0 spiro atoms. The van der Waals surface area contributed by atoms with Crippen LogP contribution in [-0.2, 0) is 16.0 Å². The molecule has 0 heterocycles. The standard InChI is InChI=1S/C18H28N2O4/c1-13(16(21)22)5-6-14-7-9-15(10-8-14)19-11-12-20-17(23)24-18(2,3)4/h7-10,13,19H,5-6,11-12H2,1-4H3,(H,20,23)(H,21,22). The third kappa shape index (κ3) is 8.41. The van der Waals surface area contributed by atoms with Crippen molar-refractivity contribution in [2.45, 2.75) is 46.1 Å². The summed E-state index contributed by atoms with van der Waals surface area (Å²) in [5.74, 6) is -1.09. The average molecular weight is 336 g/mol. The van der Waals surface area contributed by atoms with E-state index in [9.17, 15) is 9.59 Å². The van der Waals surface area contributed by atoms with Crippen molar-refractivity contribution in [1.82, 2.24) is 5.32 Å². The molecule has 0 saturated carbocycles. The minimum Gasteiger partial charge on any atom is -0.481 e. The Morgan fingerprint density at radius 1 is 1.17 bits per heavy atom. The van der Waals surface area contributed by atoms with Gasteiger partial charge in [0.05, 0.1) is 5.92 Å². The van der Waals surface area contributed by atoms with Crippen LogP contribution in [0.25, 0.3) is 0 Å². The summed E-state index contributed by atoms with van der Waals surface area (Å²) >= 11 is 0. The van der Waals surface area contributed by atoms with E-state index in [-0.39, 0.29) is 5.92 Å². The predicted octanol–water partition coefficient (Wildman–Crippen LogP) is 3.28. The normalized spacial score (nSPS) is 12.3. The second kappa shape index (κ2) is 9.15. The van der Waals surface area contributed by atoms with Gasteiger partial charge in [0, 0.05) is 18.8 Å². The van der Waals surface area contributed by atoms with E-state index in [4.69, 9.17) is 9.84 Å². The lowest BCUT2D eigenvalue weighted by molar-refractivity contribution is -0.141. The van der Waals surface area contributed by atoms with Crippen LogP contribution in [0.5, 0.6) is 0 Å². The van der Waals surface area contributed by atoms with Crippen molar-refractivity contribution in [1.29, 1.82) is 0 Å². The number of carbonyl (C=O) groups excluding carboxylic acids is 1. The van der Waals surface area contributed by atoms with E-state index in [0.717, 1.165) is 17.7 Å². The van der Waals surface area contributed by atoms with Gasteiger partial charge in [0.25, 0.3) is 0 Å². The number of carboxylic acids is 1. The quantitative estimate of drug-likeness (QED) is 0.634. The summed E-state index contributed by atoms with van der Waals surface area (Å²) in [5, 5.41) is 14.8. The van der Waals surface area contributed by atoms with Gasteiger partial charge in [-0.15, -0.1) is 0 Å². The van der Waals surface area contributed by atoms with Gasteiger partial charge < -0.3 is 20.5 Å². The van der Waals surface area contributed by atoms with Crippen LogP contribution in [-0.4, -0.2) is 35.9 Å². The molecule has 6 nitrogen and oxygen atoms in total. The largest absolute Gasteiger partial charge is 0.481 e. The van der Waals surface area contributed by atoms with Crippen LogP contribution in [0.4, 0.5) is 10.5 Å². The summed E-state index contributed by atoms with van der Waals surface area (Å²) in [6, 6.07) is 7.87. The number of carbonyl (C=O) groups is 2. The van der Waals surface area contributed by atoms with Crippen molar-refractivity contribution in [2.24, 2.45) is 5.92 Å². The van der Waals surface area contributed by atoms with E-state index in [2.05, 4.69) is 10.6 Å². The van der Waals surface area contributed by atoms with Gasteiger partial charge >= 0.3 is 12.1 Å². The number of carboxylic acid groups (broad SMARTS) is 1. The number of benzene rings is 1. The van der Waals surface area contributed by atoms with Crippen LogP contribution in [0.15, 0.2) is 24.3 Å². The number of nitrogens with one attached hydrogen (secondary N) is 2. The third-order valence-electron chi connectivity index (χ3n) is 3.36. The summed E-state index contributed by atoms with van der Waals surface area (Å²) in [6.07, 6.45) is 0.947. The molecule has 1 atom stereocenters. The maximum atomic E-state index is 11.5.